The van der Waals surface area contributed by atoms with E-state index in [-0.39, 0.29) is 0 Å². The third-order valence-corrected chi connectivity index (χ3v) is 4.87. The van der Waals surface area contributed by atoms with Crippen molar-refractivity contribution < 1.29 is 10.5 Å². The van der Waals surface area contributed by atoms with E-state index in [1.165, 1.54) is 11.1 Å². The Hall–Kier alpha value is -2.13. The van der Waals surface area contributed by atoms with Gasteiger partial charge in [-0.05, 0) is 6.42 Å². The molecule has 3 heteroatoms. The van der Waals surface area contributed by atoms with Gasteiger partial charge in [0.1, 0.15) is 12.1 Å². The quantitative estimate of drug-likeness (QED) is 0.657. The molecule has 120 valence electrons. The predicted molar refractivity (Wildman–Crippen MR) is 92.5 cm³/mol. The zero-order chi connectivity index (χ0) is 16.1. The molecule has 3 N–H and O–H groups in total. The normalized spacial score (nSPS) is 26.3. The molecule has 0 spiro atoms. The van der Waals surface area contributed by atoms with Gasteiger partial charge in [-0.25, -0.2) is 0 Å². The van der Waals surface area contributed by atoms with Crippen molar-refractivity contribution in [1.29, 1.82) is 0 Å². The van der Waals surface area contributed by atoms with Crippen LogP contribution in [0.5, 0.6) is 0 Å². The van der Waals surface area contributed by atoms with Crippen molar-refractivity contribution in [3.8, 4) is 0 Å². The summed E-state index contributed by atoms with van der Waals surface area (Å²) in [6, 6.07) is 21.8. The number of benzene rings is 2. The number of quaternary nitrogens is 1. The lowest BCUT2D eigenvalue weighted by molar-refractivity contribution is -0.742. The Bertz CT molecular complexity index is 639. The van der Waals surface area contributed by atoms with Crippen molar-refractivity contribution in [1.82, 2.24) is 0 Å². The minimum atomic E-state index is 0.298. The zero-order valence-electron chi connectivity index (χ0n) is 13.6. The lowest BCUT2D eigenvalue weighted by atomic mass is 9.78. The van der Waals surface area contributed by atoms with Gasteiger partial charge in [0.2, 0.25) is 0 Å². The first-order chi connectivity index (χ1) is 11.3. The molecule has 1 heterocycles. The van der Waals surface area contributed by atoms with Crippen LogP contribution in [0.3, 0.4) is 0 Å². The summed E-state index contributed by atoms with van der Waals surface area (Å²) in [5, 5.41) is 15.7. The zero-order valence-corrected chi connectivity index (χ0v) is 13.6. The number of rotatable bonds is 4. The highest BCUT2D eigenvalue weighted by Gasteiger charge is 2.39. The summed E-state index contributed by atoms with van der Waals surface area (Å²) in [4.78, 5) is 0. The molecule has 2 aromatic rings. The van der Waals surface area contributed by atoms with Crippen molar-refractivity contribution >= 4 is 5.71 Å². The molecule has 3 rings (SSSR count). The van der Waals surface area contributed by atoms with Gasteiger partial charge >= 0.3 is 0 Å². The average molecular weight is 309 g/mol. The molecule has 0 amide bonds. The Morgan fingerprint density at radius 3 is 2.17 bits per heavy atom. The van der Waals surface area contributed by atoms with Gasteiger partial charge in [-0.15, -0.1) is 0 Å². The maximum absolute atomic E-state index is 9.59. The van der Waals surface area contributed by atoms with E-state index in [1.54, 1.807) is 0 Å². The van der Waals surface area contributed by atoms with Gasteiger partial charge in [-0.2, -0.15) is 0 Å². The number of hydrogen-bond acceptors (Lipinski definition) is 2. The van der Waals surface area contributed by atoms with E-state index in [1.807, 2.05) is 6.07 Å². The smallest absolute Gasteiger partial charge is 0.120 e. The standard InChI is InChI=1S/C20H24N2O/c1-2-9-17-19(22-23)14-18(15-10-5-3-6-11-15)21-20(17)16-12-7-4-8-13-16/h3-8,10-13,17-18,20-21,23H,2,9,14H2,1H3/p+1/t17-,18-,20-/m0/s1. The third-order valence-electron chi connectivity index (χ3n) is 4.87. The average Bonchev–Trinajstić information content (AvgIpc) is 2.63. The molecule has 0 aromatic heterocycles. The van der Waals surface area contributed by atoms with Gasteiger partial charge in [0.05, 0.1) is 11.6 Å². The molecule has 0 unspecified atom stereocenters. The molecule has 23 heavy (non-hydrogen) atoms. The van der Waals surface area contributed by atoms with Gasteiger partial charge in [0.25, 0.3) is 0 Å². The molecule has 0 saturated carbocycles. The summed E-state index contributed by atoms with van der Waals surface area (Å²) >= 11 is 0. The molecule has 1 fully saturated rings. The summed E-state index contributed by atoms with van der Waals surface area (Å²) in [6.07, 6.45) is 2.96. The minimum absolute atomic E-state index is 0.298. The third kappa shape index (κ3) is 3.45. The van der Waals surface area contributed by atoms with E-state index >= 15 is 0 Å². The first-order valence-corrected chi connectivity index (χ1v) is 8.49. The summed E-state index contributed by atoms with van der Waals surface area (Å²) in [5.41, 5.74) is 3.55. The van der Waals surface area contributed by atoms with Gasteiger partial charge in [-0.3, -0.25) is 0 Å². The van der Waals surface area contributed by atoms with Crippen molar-refractivity contribution in [3.63, 3.8) is 0 Å². The fraction of sp³-hybridized carbons (Fsp3) is 0.350. The molecule has 0 bridgehead atoms. The second-order valence-corrected chi connectivity index (χ2v) is 6.34. The number of nitrogens with two attached hydrogens (primary N) is 1. The van der Waals surface area contributed by atoms with E-state index in [9.17, 15) is 5.21 Å². The minimum Gasteiger partial charge on any atom is -0.411 e. The van der Waals surface area contributed by atoms with Crippen molar-refractivity contribution in [2.24, 2.45) is 11.1 Å². The Kier molecular flexibility index (Phi) is 5.09. The van der Waals surface area contributed by atoms with Crippen LogP contribution >= 0.6 is 0 Å². The Labute approximate surface area is 138 Å². The van der Waals surface area contributed by atoms with E-state index < -0.39 is 0 Å². The Morgan fingerprint density at radius 1 is 1.00 bits per heavy atom. The van der Waals surface area contributed by atoms with Crippen LogP contribution in [0.2, 0.25) is 0 Å². The highest BCUT2D eigenvalue weighted by molar-refractivity contribution is 5.88. The highest BCUT2D eigenvalue weighted by atomic mass is 16.4. The molecule has 2 aromatic carbocycles. The van der Waals surface area contributed by atoms with Gasteiger partial charge in [0, 0.05) is 17.5 Å². The van der Waals surface area contributed by atoms with Gasteiger partial charge in [0.15, 0.2) is 0 Å². The fourth-order valence-electron chi connectivity index (χ4n) is 3.76. The van der Waals surface area contributed by atoms with Crippen LogP contribution in [0.15, 0.2) is 65.8 Å². The SMILES string of the molecule is CCC[C@H]1C(=NO)C[C@@H](c2ccccc2)[NH2+][C@H]1c1ccccc1. The first kappa shape index (κ1) is 15.8. The lowest BCUT2D eigenvalue weighted by Gasteiger charge is -2.35. The number of piperidine rings is 1. The maximum Gasteiger partial charge on any atom is 0.120 e. The molecule has 1 aliphatic heterocycles. The highest BCUT2D eigenvalue weighted by Crippen LogP contribution is 2.32. The summed E-state index contributed by atoms with van der Waals surface area (Å²) < 4.78 is 0. The molecule has 0 aliphatic carbocycles. The summed E-state index contributed by atoms with van der Waals surface area (Å²) in [7, 11) is 0. The fourth-order valence-corrected chi connectivity index (χ4v) is 3.76. The summed E-state index contributed by atoms with van der Waals surface area (Å²) in [5.74, 6) is 0.298. The largest absolute Gasteiger partial charge is 0.411 e. The number of oxime groups is 1. The predicted octanol–water partition coefficient (Wildman–Crippen LogP) is 3.68. The van der Waals surface area contributed by atoms with Crippen molar-refractivity contribution in [2.75, 3.05) is 0 Å². The van der Waals surface area contributed by atoms with E-state index in [2.05, 4.69) is 72.0 Å². The lowest BCUT2D eigenvalue weighted by Crippen LogP contribution is -2.90. The maximum atomic E-state index is 9.59. The van der Waals surface area contributed by atoms with Crippen LogP contribution in [0, 0.1) is 5.92 Å². The molecule has 3 nitrogen and oxygen atoms in total. The van der Waals surface area contributed by atoms with Crippen LogP contribution in [0.25, 0.3) is 0 Å². The number of hydrogen-bond donors (Lipinski definition) is 2. The molecular weight excluding hydrogens is 284 g/mol. The first-order valence-electron chi connectivity index (χ1n) is 8.49. The molecule has 1 aliphatic rings. The van der Waals surface area contributed by atoms with Crippen LogP contribution in [0.1, 0.15) is 49.4 Å². The van der Waals surface area contributed by atoms with Crippen LogP contribution in [-0.4, -0.2) is 10.9 Å². The van der Waals surface area contributed by atoms with Gasteiger partial charge < -0.3 is 10.5 Å². The van der Waals surface area contributed by atoms with E-state index in [4.69, 9.17) is 0 Å². The summed E-state index contributed by atoms with van der Waals surface area (Å²) in [6.45, 7) is 2.19. The molecule has 3 atom stereocenters. The molecule has 1 saturated heterocycles. The molecular formula is C20H25N2O+. The monoisotopic (exact) mass is 309 g/mol. The number of nitrogens with zero attached hydrogens (tertiary/aromatic N) is 1. The van der Waals surface area contributed by atoms with E-state index in [0.717, 1.165) is 25.0 Å². The van der Waals surface area contributed by atoms with Crippen LogP contribution in [0.4, 0.5) is 0 Å². The second-order valence-electron chi connectivity index (χ2n) is 6.34. The van der Waals surface area contributed by atoms with Crippen molar-refractivity contribution in [2.45, 2.75) is 38.3 Å². The van der Waals surface area contributed by atoms with Crippen LogP contribution in [-0.2, 0) is 0 Å². The molecule has 0 radical (unpaired) electrons. The van der Waals surface area contributed by atoms with Crippen molar-refractivity contribution in [3.05, 3.63) is 71.8 Å². The Balaban J connectivity index is 1.95. The van der Waals surface area contributed by atoms with Crippen LogP contribution < -0.4 is 5.32 Å². The Morgan fingerprint density at radius 2 is 1.61 bits per heavy atom. The topological polar surface area (TPSA) is 49.2 Å². The van der Waals surface area contributed by atoms with Gasteiger partial charge in [-0.1, -0.05) is 79.2 Å². The second kappa shape index (κ2) is 7.42. The van der Waals surface area contributed by atoms with E-state index in [0.29, 0.717) is 18.0 Å².